The summed E-state index contributed by atoms with van der Waals surface area (Å²) in [5, 5.41) is 2.75. The number of ether oxygens (including phenoxy) is 1. The summed E-state index contributed by atoms with van der Waals surface area (Å²) in [5.41, 5.74) is -0.149. The van der Waals surface area contributed by atoms with Gasteiger partial charge in [-0.25, -0.2) is 14.2 Å². The molecule has 166 valence electrons. The number of benzene rings is 1. The van der Waals surface area contributed by atoms with Crippen LogP contribution in [0.4, 0.5) is 20.8 Å². The molecule has 8 heteroatoms. The van der Waals surface area contributed by atoms with Gasteiger partial charge in [0.2, 0.25) is 0 Å². The number of nitrogens with one attached hydrogen (secondary N) is 1. The van der Waals surface area contributed by atoms with E-state index in [0.717, 1.165) is 18.7 Å². The molecule has 1 aliphatic heterocycles. The standard InChI is InChI=1S/C23H29FN4O3/c1-23(2,3)31-22(30)28-14-12-18(13-15-28)27(4)20-7-5-6-19(25-20)26-21(29)16-8-10-17(24)11-9-16/h5-11,18H,12-15H2,1-4H3,(H,25,26,29). The van der Waals surface area contributed by atoms with Gasteiger partial charge < -0.3 is 19.9 Å². The van der Waals surface area contributed by atoms with E-state index in [-0.39, 0.29) is 18.0 Å². The number of halogens is 1. The molecule has 1 aromatic heterocycles. The smallest absolute Gasteiger partial charge is 0.410 e. The normalized spacial score (nSPS) is 14.8. The van der Waals surface area contributed by atoms with Gasteiger partial charge in [-0.15, -0.1) is 0 Å². The molecule has 2 aromatic rings. The second kappa shape index (κ2) is 9.32. The van der Waals surface area contributed by atoms with Crippen molar-refractivity contribution in [3.05, 3.63) is 53.8 Å². The first-order valence-electron chi connectivity index (χ1n) is 10.4. The van der Waals surface area contributed by atoms with Gasteiger partial charge in [0.25, 0.3) is 5.91 Å². The lowest BCUT2D eigenvalue weighted by molar-refractivity contribution is 0.0205. The first-order chi connectivity index (χ1) is 14.6. The SMILES string of the molecule is CN(c1cccc(NC(=O)c2ccc(F)cc2)n1)C1CCN(C(=O)OC(C)(C)C)CC1. The Kier molecular flexibility index (Phi) is 6.77. The third-order valence-corrected chi connectivity index (χ3v) is 5.11. The second-order valence-electron chi connectivity index (χ2n) is 8.65. The molecule has 3 rings (SSSR count). The summed E-state index contributed by atoms with van der Waals surface area (Å²) in [5.74, 6) is 0.409. The van der Waals surface area contributed by atoms with Crippen molar-refractivity contribution in [3.63, 3.8) is 0 Å². The zero-order valence-corrected chi connectivity index (χ0v) is 18.4. The first-order valence-corrected chi connectivity index (χ1v) is 10.4. The predicted molar refractivity (Wildman–Crippen MR) is 118 cm³/mol. The van der Waals surface area contributed by atoms with Crippen molar-refractivity contribution >= 4 is 23.6 Å². The van der Waals surface area contributed by atoms with Crippen LogP contribution in [0.5, 0.6) is 0 Å². The topological polar surface area (TPSA) is 74.8 Å². The Morgan fingerprint density at radius 2 is 1.77 bits per heavy atom. The molecule has 0 unspecified atom stereocenters. The van der Waals surface area contributed by atoms with Crippen LogP contribution in [0, 0.1) is 5.82 Å². The van der Waals surface area contributed by atoms with Gasteiger partial charge in [-0.2, -0.15) is 0 Å². The largest absolute Gasteiger partial charge is 0.444 e. The summed E-state index contributed by atoms with van der Waals surface area (Å²) in [6.45, 7) is 6.81. The van der Waals surface area contributed by atoms with Crippen molar-refractivity contribution in [1.29, 1.82) is 0 Å². The molecule has 1 aliphatic rings. The van der Waals surface area contributed by atoms with Gasteiger partial charge in [-0.05, 0) is 70.0 Å². The minimum Gasteiger partial charge on any atom is -0.444 e. The molecule has 1 saturated heterocycles. The van der Waals surface area contributed by atoms with Gasteiger partial charge in [-0.1, -0.05) is 6.07 Å². The average molecular weight is 429 g/mol. The molecular formula is C23H29FN4O3. The summed E-state index contributed by atoms with van der Waals surface area (Å²) in [4.78, 5) is 33.0. The molecule has 0 spiro atoms. The molecule has 1 N–H and O–H groups in total. The Bertz CT molecular complexity index is 919. The zero-order valence-electron chi connectivity index (χ0n) is 18.4. The molecule has 0 atom stereocenters. The molecule has 0 aliphatic carbocycles. The molecule has 0 radical (unpaired) electrons. The Labute approximate surface area is 182 Å². The maximum Gasteiger partial charge on any atom is 0.410 e. The molecule has 1 fully saturated rings. The number of aromatic nitrogens is 1. The Morgan fingerprint density at radius 3 is 2.39 bits per heavy atom. The highest BCUT2D eigenvalue weighted by Crippen LogP contribution is 2.23. The molecule has 31 heavy (non-hydrogen) atoms. The van der Waals surface area contributed by atoms with Gasteiger partial charge in [0.05, 0.1) is 0 Å². The van der Waals surface area contributed by atoms with Crippen LogP contribution in [0.1, 0.15) is 44.0 Å². The third-order valence-electron chi connectivity index (χ3n) is 5.11. The number of amides is 2. The number of piperidine rings is 1. The van der Waals surface area contributed by atoms with Crippen molar-refractivity contribution in [2.75, 3.05) is 30.4 Å². The van der Waals surface area contributed by atoms with E-state index in [4.69, 9.17) is 4.74 Å². The molecule has 2 heterocycles. The summed E-state index contributed by atoms with van der Waals surface area (Å²) in [7, 11) is 1.96. The van der Waals surface area contributed by atoms with E-state index in [0.29, 0.717) is 24.5 Å². The number of nitrogens with zero attached hydrogens (tertiary/aromatic N) is 3. The van der Waals surface area contributed by atoms with Crippen molar-refractivity contribution in [2.24, 2.45) is 0 Å². The fourth-order valence-corrected chi connectivity index (χ4v) is 3.43. The molecule has 2 amide bonds. The highest BCUT2D eigenvalue weighted by molar-refractivity contribution is 6.03. The van der Waals surface area contributed by atoms with Gasteiger partial charge >= 0.3 is 6.09 Å². The van der Waals surface area contributed by atoms with E-state index in [9.17, 15) is 14.0 Å². The Morgan fingerprint density at radius 1 is 1.13 bits per heavy atom. The van der Waals surface area contributed by atoms with Crippen LogP contribution in [-0.2, 0) is 4.74 Å². The van der Waals surface area contributed by atoms with Crippen LogP contribution < -0.4 is 10.2 Å². The molecule has 0 saturated carbocycles. The maximum atomic E-state index is 13.1. The molecule has 7 nitrogen and oxygen atoms in total. The van der Waals surface area contributed by atoms with Gasteiger partial charge in [0.15, 0.2) is 0 Å². The van der Waals surface area contributed by atoms with E-state index in [1.165, 1.54) is 24.3 Å². The van der Waals surface area contributed by atoms with E-state index in [1.54, 1.807) is 11.0 Å². The highest BCUT2D eigenvalue weighted by atomic mass is 19.1. The van der Waals surface area contributed by atoms with Crippen molar-refractivity contribution in [2.45, 2.75) is 45.3 Å². The summed E-state index contributed by atoms with van der Waals surface area (Å²) >= 11 is 0. The average Bonchev–Trinajstić information content (AvgIpc) is 2.73. The van der Waals surface area contributed by atoms with Crippen molar-refractivity contribution in [3.8, 4) is 0 Å². The van der Waals surface area contributed by atoms with Crippen molar-refractivity contribution in [1.82, 2.24) is 9.88 Å². The number of hydrogen-bond donors (Lipinski definition) is 1. The minimum absolute atomic E-state index is 0.217. The fourth-order valence-electron chi connectivity index (χ4n) is 3.43. The number of carbonyl (C=O) groups excluding carboxylic acids is 2. The summed E-state index contributed by atoms with van der Waals surface area (Å²) < 4.78 is 18.5. The maximum absolute atomic E-state index is 13.1. The number of rotatable bonds is 4. The molecular weight excluding hydrogens is 399 g/mol. The van der Waals surface area contributed by atoms with E-state index in [2.05, 4.69) is 15.2 Å². The van der Waals surface area contributed by atoms with E-state index < -0.39 is 11.4 Å². The van der Waals surface area contributed by atoms with Crippen LogP contribution in [-0.4, -0.2) is 53.7 Å². The third kappa shape index (κ3) is 6.16. The lowest BCUT2D eigenvalue weighted by atomic mass is 10.0. The Balaban J connectivity index is 1.59. The van der Waals surface area contributed by atoms with Gasteiger partial charge in [0, 0.05) is 31.7 Å². The number of carbonyl (C=O) groups is 2. The van der Waals surface area contributed by atoms with Crippen LogP contribution in [0.3, 0.4) is 0 Å². The lowest BCUT2D eigenvalue weighted by Gasteiger charge is -2.37. The number of likely N-dealkylation sites (tertiary alicyclic amines) is 1. The molecule has 1 aromatic carbocycles. The second-order valence-corrected chi connectivity index (χ2v) is 8.65. The highest BCUT2D eigenvalue weighted by Gasteiger charge is 2.29. The quantitative estimate of drug-likeness (QED) is 0.786. The van der Waals surface area contributed by atoms with Gasteiger partial charge in [-0.3, -0.25) is 4.79 Å². The zero-order chi connectivity index (χ0) is 22.6. The predicted octanol–water partition coefficient (Wildman–Crippen LogP) is 4.31. The number of anilines is 2. The van der Waals surface area contributed by atoms with Crippen LogP contribution in [0.15, 0.2) is 42.5 Å². The van der Waals surface area contributed by atoms with Crippen LogP contribution >= 0.6 is 0 Å². The number of hydrogen-bond acceptors (Lipinski definition) is 5. The minimum atomic E-state index is -0.507. The van der Waals surface area contributed by atoms with E-state index >= 15 is 0 Å². The van der Waals surface area contributed by atoms with Crippen LogP contribution in [0.2, 0.25) is 0 Å². The van der Waals surface area contributed by atoms with E-state index in [1.807, 2.05) is 40.0 Å². The van der Waals surface area contributed by atoms with Crippen molar-refractivity contribution < 1.29 is 18.7 Å². The summed E-state index contributed by atoms with van der Waals surface area (Å²) in [6.07, 6.45) is 1.31. The monoisotopic (exact) mass is 428 g/mol. The molecule has 0 bridgehead atoms. The Hall–Kier alpha value is -3.16. The first kappa shape index (κ1) is 22.5. The number of pyridine rings is 1. The lowest BCUT2D eigenvalue weighted by Crippen LogP contribution is -2.47. The van der Waals surface area contributed by atoms with Crippen LogP contribution in [0.25, 0.3) is 0 Å². The summed E-state index contributed by atoms with van der Waals surface area (Å²) in [6, 6.07) is 11.0. The van der Waals surface area contributed by atoms with Gasteiger partial charge in [0.1, 0.15) is 23.1 Å². The fraction of sp³-hybridized carbons (Fsp3) is 0.435.